The number of aliphatic hydroxyl groups excluding tert-OH is 1. The van der Waals surface area contributed by atoms with Crippen LogP contribution >= 0.6 is 7.82 Å². The van der Waals surface area contributed by atoms with E-state index >= 15 is 0 Å². The van der Waals surface area contributed by atoms with Crippen molar-refractivity contribution in [3.05, 3.63) is 33.9 Å². The molecule has 1 atom stereocenters. The first-order chi connectivity index (χ1) is 8.19. The van der Waals surface area contributed by atoms with Gasteiger partial charge in [0.2, 0.25) is 0 Å². The van der Waals surface area contributed by atoms with Crippen LogP contribution in [0.5, 0.6) is 5.75 Å². The molecule has 0 heterocycles. The van der Waals surface area contributed by atoms with Crippen LogP contribution in [-0.4, -0.2) is 25.9 Å². The molecule has 1 unspecified atom stereocenters. The van der Waals surface area contributed by atoms with Gasteiger partial charge in [0, 0.05) is 24.1 Å². The highest BCUT2D eigenvalue weighted by Crippen LogP contribution is 2.40. The summed E-state index contributed by atoms with van der Waals surface area (Å²) in [6.45, 7) is 1.44. The van der Waals surface area contributed by atoms with Crippen LogP contribution in [0.2, 0.25) is 0 Å². The van der Waals surface area contributed by atoms with Gasteiger partial charge in [0.25, 0.3) is 5.69 Å². The molecule has 0 aliphatic rings. The molecule has 0 aromatic heterocycles. The number of aliphatic hydroxyl groups is 1. The number of non-ortho nitro benzene ring substituents is 1. The van der Waals surface area contributed by atoms with Crippen molar-refractivity contribution < 1.29 is 28.9 Å². The summed E-state index contributed by atoms with van der Waals surface area (Å²) >= 11 is 0. The van der Waals surface area contributed by atoms with Crippen LogP contribution in [0.25, 0.3) is 0 Å². The second kappa shape index (κ2) is 5.45. The standard InChI is InChI=1S/C9H12NO7P/c1-6(11)4-7-5-8(10(12)13)2-3-9(7)17-18(14,15)16/h2-3,5-6,11H,4H2,1H3,(H2,14,15,16). The number of nitro benzene ring substituents is 1. The minimum atomic E-state index is -4.75. The van der Waals surface area contributed by atoms with Crippen LogP contribution in [0.4, 0.5) is 5.69 Å². The molecule has 0 bridgehead atoms. The Labute approximate surface area is 102 Å². The number of hydrogen-bond acceptors (Lipinski definition) is 5. The summed E-state index contributed by atoms with van der Waals surface area (Å²) in [5.74, 6) is -0.185. The fraction of sp³-hybridized carbons (Fsp3) is 0.333. The summed E-state index contributed by atoms with van der Waals surface area (Å²) < 4.78 is 15.1. The third kappa shape index (κ3) is 4.42. The average molecular weight is 277 g/mol. The van der Waals surface area contributed by atoms with Crippen molar-refractivity contribution >= 4 is 13.5 Å². The SMILES string of the molecule is CC(O)Cc1cc([N+](=O)[O-])ccc1OP(=O)(O)O. The maximum Gasteiger partial charge on any atom is 0.524 e. The lowest BCUT2D eigenvalue weighted by Crippen LogP contribution is -2.06. The van der Waals surface area contributed by atoms with E-state index in [9.17, 15) is 19.8 Å². The monoisotopic (exact) mass is 277 g/mol. The molecule has 1 rings (SSSR count). The van der Waals surface area contributed by atoms with Gasteiger partial charge < -0.3 is 9.63 Å². The van der Waals surface area contributed by atoms with Crippen molar-refractivity contribution in [3.63, 3.8) is 0 Å². The van der Waals surface area contributed by atoms with Crippen LogP contribution in [0.15, 0.2) is 18.2 Å². The van der Waals surface area contributed by atoms with Gasteiger partial charge in [0.05, 0.1) is 11.0 Å². The van der Waals surface area contributed by atoms with Gasteiger partial charge in [0.1, 0.15) is 5.75 Å². The molecule has 0 spiro atoms. The Bertz CT molecular complexity index is 496. The number of phosphoric ester groups is 1. The Morgan fingerprint density at radius 2 is 2.11 bits per heavy atom. The van der Waals surface area contributed by atoms with E-state index in [2.05, 4.69) is 4.52 Å². The van der Waals surface area contributed by atoms with E-state index in [1.54, 1.807) is 0 Å². The second-order valence-electron chi connectivity index (χ2n) is 3.68. The molecule has 9 heteroatoms. The molecule has 8 nitrogen and oxygen atoms in total. The van der Waals surface area contributed by atoms with E-state index in [-0.39, 0.29) is 23.4 Å². The predicted octanol–water partition coefficient (Wildman–Crippen LogP) is 0.990. The van der Waals surface area contributed by atoms with Gasteiger partial charge in [-0.05, 0) is 13.0 Å². The maximum atomic E-state index is 10.7. The van der Waals surface area contributed by atoms with E-state index in [1.807, 2.05) is 0 Å². The molecule has 0 amide bonds. The summed E-state index contributed by atoms with van der Waals surface area (Å²) in [4.78, 5) is 27.3. The van der Waals surface area contributed by atoms with Gasteiger partial charge >= 0.3 is 7.82 Å². The number of benzene rings is 1. The third-order valence-electron chi connectivity index (χ3n) is 1.99. The Kier molecular flexibility index (Phi) is 4.42. The average Bonchev–Trinajstić information content (AvgIpc) is 2.17. The molecular formula is C9H12NO7P. The Hall–Kier alpha value is -1.47. The zero-order chi connectivity index (χ0) is 13.9. The minimum Gasteiger partial charge on any atom is -0.404 e. The number of nitro groups is 1. The summed E-state index contributed by atoms with van der Waals surface area (Å²) in [6.07, 6.45) is -0.845. The van der Waals surface area contributed by atoms with Crippen molar-refractivity contribution in [2.75, 3.05) is 0 Å². The quantitative estimate of drug-likeness (QED) is 0.415. The molecule has 0 saturated carbocycles. The number of nitrogens with zero attached hydrogens (tertiary/aromatic N) is 1. The topological polar surface area (TPSA) is 130 Å². The summed E-state index contributed by atoms with van der Waals surface area (Å²) in [5.41, 5.74) is -0.0914. The predicted molar refractivity (Wildman–Crippen MR) is 61.2 cm³/mol. The fourth-order valence-electron chi connectivity index (χ4n) is 1.37. The van der Waals surface area contributed by atoms with Gasteiger partial charge in [-0.25, -0.2) is 4.57 Å². The first kappa shape index (κ1) is 14.6. The van der Waals surface area contributed by atoms with Gasteiger partial charge in [0.15, 0.2) is 0 Å². The van der Waals surface area contributed by atoms with Crippen LogP contribution in [-0.2, 0) is 11.0 Å². The Morgan fingerprint density at radius 3 is 2.56 bits per heavy atom. The van der Waals surface area contributed by atoms with Gasteiger partial charge in [-0.3, -0.25) is 19.9 Å². The van der Waals surface area contributed by atoms with E-state index in [4.69, 9.17) is 9.79 Å². The fourth-order valence-corrected chi connectivity index (χ4v) is 1.81. The molecule has 0 aliphatic carbocycles. The van der Waals surface area contributed by atoms with Crippen molar-refractivity contribution in [1.82, 2.24) is 0 Å². The number of rotatable bonds is 5. The first-order valence-corrected chi connectivity index (χ1v) is 6.42. The van der Waals surface area contributed by atoms with Crippen molar-refractivity contribution in [2.24, 2.45) is 0 Å². The Morgan fingerprint density at radius 1 is 1.50 bits per heavy atom. The highest BCUT2D eigenvalue weighted by Gasteiger charge is 2.21. The third-order valence-corrected chi connectivity index (χ3v) is 2.42. The van der Waals surface area contributed by atoms with Crippen LogP contribution in [0.3, 0.4) is 0 Å². The number of hydrogen-bond donors (Lipinski definition) is 3. The molecule has 0 radical (unpaired) electrons. The van der Waals surface area contributed by atoms with E-state index in [0.717, 1.165) is 18.2 Å². The molecule has 0 saturated heterocycles. The molecule has 18 heavy (non-hydrogen) atoms. The summed E-state index contributed by atoms with van der Waals surface area (Å²) in [7, 11) is -4.75. The summed E-state index contributed by atoms with van der Waals surface area (Å²) in [6, 6.07) is 3.27. The Balaban J connectivity index is 3.16. The zero-order valence-electron chi connectivity index (χ0n) is 9.39. The molecule has 0 fully saturated rings. The van der Waals surface area contributed by atoms with Gasteiger partial charge in [-0.15, -0.1) is 0 Å². The molecule has 0 aliphatic heterocycles. The molecular weight excluding hydrogens is 265 g/mol. The maximum absolute atomic E-state index is 10.7. The van der Waals surface area contributed by atoms with Crippen molar-refractivity contribution in [3.8, 4) is 5.75 Å². The molecule has 100 valence electrons. The first-order valence-electron chi connectivity index (χ1n) is 4.89. The smallest absolute Gasteiger partial charge is 0.404 e. The lowest BCUT2D eigenvalue weighted by molar-refractivity contribution is -0.384. The number of phosphoric acid groups is 1. The van der Waals surface area contributed by atoms with Crippen molar-refractivity contribution in [1.29, 1.82) is 0 Å². The van der Waals surface area contributed by atoms with Gasteiger partial charge in [-0.1, -0.05) is 0 Å². The lowest BCUT2D eigenvalue weighted by Gasteiger charge is -2.12. The highest BCUT2D eigenvalue weighted by atomic mass is 31.2. The van der Waals surface area contributed by atoms with E-state index in [1.165, 1.54) is 6.92 Å². The molecule has 1 aromatic rings. The normalized spacial score (nSPS) is 13.1. The minimum absolute atomic E-state index is 0.0169. The van der Waals surface area contributed by atoms with E-state index < -0.39 is 18.8 Å². The van der Waals surface area contributed by atoms with Crippen LogP contribution in [0, 0.1) is 10.1 Å². The highest BCUT2D eigenvalue weighted by molar-refractivity contribution is 7.46. The van der Waals surface area contributed by atoms with Crippen LogP contribution < -0.4 is 4.52 Å². The lowest BCUT2D eigenvalue weighted by atomic mass is 10.1. The summed E-state index contributed by atoms with van der Waals surface area (Å²) in [5, 5.41) is 19.8. The van der Waals surface area contributed by atoms with E-state index in [0.29, 0.717) is 0 Å². The van der Waals surface area contributed by atoms with Crippen LogP contribution in [0.1, 0.15) is 12.5 Å². The van der Waals surface area contributed by atoms with Gasteiger partial charge in [-0.2, -0.15) is 0 Å². The van der Waals surface area contributed by atoms with Crippen molar-refractivity contribution in [2.45, 2.75) is 19.4 Å². The zero-order valence-corrected chi connectivity index (χ0v) is 10.3. The molecule has 1 aromatic carbocycles. The molecule has 3 N–H and O–H groups in total. The second-order valence-corrected chi connectivity index (χ2v) is 4.85. The largest absolute Gasteiger partial charge is 0.524 e.